The van der Waals surface area contributed by atoms with Gasteiger partial charge in [0.15, 0.2) is 5.40 Å². The minimum absolute atomic E-state index is 0.0299. The van der Waals surface area contributed by atoms with Crippen molar-refractivity contribution in [3.63, 3.8) is 0 Å². The summed E-state index contributed by atoms with van der Waals surface area (Å²) in [4.78, 5) is 35.5. The van der Waals surface area contributed by atoms with E-state index in [1.165, 1.54) is 0 Å². The Hall–Kier alpha value is 0.220. The summed E-state index contributed by atoms with van der Waals surface area (Å²) in [5.74, 6) is 0. The minimum atomic E-state index is -4.40. The fourth-order valence-corrected chi connectivity index (χ4v) is 3.46. The molecule has 0 saturated carbocycles. The van der Waals surface area contributed by atoms with E-state index in [9.17, 15) is 9.13 Å². The van der Waals surface area contributed by atoms with Gasteiger partial charge in [0.25, 0.3) is 0 Å². The van der Waals surface area contributed by atoms with Crippen molar-refractivity contribution in [1.82, 2.24) is 10.6 Å². The van der Waals surface area contributed by atoms with Crippen molar-refractivity contribution in [2.24, 2.45) is 0 Å². The molecule has 0 amide bonds. The second kappa shape index (κ2) is 4.48. The third-order valence-corrected chi connectivity index (χ3v) is 4.77. The lowest BCUT2D eigenvalue weighted by molar-refractivity contribution is 0.121. The predicted octanol–water partition coefficient (Wildman–Crippen LogP) is -0.685. The molecule has 10 heteroatoms. The zero-order chi connectivity index (χ0) is 12.6. The Morgan fingerprint density at radius 1 is 1.19 bits per heavy atom. The molecule has 96 valence electrons. The van der Waals surface area contributed by atoms with Gasteiger partial charge in [0.05, 0.1) is 6.17 Å². The minimum Gasteiger partial charge on any atom is -0.324 e. The molecule has 1 rings (SSSR count). The van der Waals surface area contributed by atoms with Crippen LogP contribution in [0.3, 0.4) is 0 Å². The van der Waals surface area contributed by atoms with Crippen LogP contribution in [-0.4, -0.2) is 37.3 Å². The lowest BCUT2D eigenvalue weighted by Gasteiger charge is -2.49. The predicted molar refractivity (Wildman–Crippen MR) is 56.7 cm³/mol. The van der Waals surface area contributed by atoms with Crippen LogP contribution < -0.4 is 10.6 Å². The smallest absolute Gasteiger partial charge is 0.324 e. The lowest BCUT2D eigenvalue weighted by Crippen LogP contribution is -2.75. The van der Waals surface area contributed by atoms with Crippen LogP contribution in [0.2, 0.25) is 0 Å². The first-order valence-electron chi connectivity index (χ1n) is 4.71. The van der Waals surface area contributed by atoms with Gasteiger partial charge in [-0.25, -0.2) is 0 Å². The quantitative estimate of drug-likeness (QED) is 0.362. The Balaban J connectivity index is 2.55. The summed E-state index contributed by atoms with van der Waals surface area (Å²) in [6.07, 6.45) is -0.607. The molecule has 1 aliphatic rings. The first kappa shape index (κ1) is 14.3. The molecule has 0 radical (unpaired) electrons. The summed E-state index contributed by atoms with van der Waals surface area (Å²) in [5.41, 5.74) is 0. The van der Waals surface area contributed by atoms with E-state index in [1.54, 1.807) is 6.92 Å². The molecule has 0 atom stereocenters. The average molecular weight is 274 g/mol. The maximum atomic E-state index is 11.2. The van der Waals surface area contributed by atoms with Gasteiger partial charge in [-0.1, -0.05) is 0 Å². The van der Waals surface area contributed by atoms with Gasteiger partial charge in [-0.2, -0.15) is 0 Å². The highest BCUT2D eigenvalue weighted by atomic mass is 31.2. The van der Waals surface area contributed by atoms with Gasteiger partial charge < -0.3 is 19.6 Å². The molecule has 0 aromatic carbocycles. The number of rotatable bonds is 5. The summed E-state index contributed by atoms with van der Waals surface area (Å²) in [6, 6.07) is 0. The maximum Gasteiger partial charge on any atom is 0.360 e. The number of nitrogens with one attached hydrogen (secondary N) is 2. The Morgan fingerprint density at radius 3 is 2.00 bits per heavy atom. The summed E-state index contributed by atoms with van der Waals surface area (Å²) in [5, 5.41) is 3.78. The van der Waals surface area contributed by atoms with Crippen LogP contribution in [0.5, 0.6) is 0 Å². The Morgan fingerprint density at radius 2 is 1.69 bits per heavy atom. The van der Waals surface area contributed by atoms with Gasteiger partial charge in [-0.15, -0.1) is 0 Å². The van der Waals surface area contributed by atoms with E-state index in [4.69, 9.17) is 19.6 Å². The molecule has 1 aliphatic heterocycles. The van der Waals surface area contributed by atoms with Crippen molar-refractivity contribution < 1.29 is 28.7 Å². The van der Waals surface area contributed by atoms with Crippen molar-refractivity contribution in [3.05, 3.63) is 0 Å². The first-order valence-corrected chi connectivity index (χ1v) is 8.12. The largest absolute Gasteiger partial charge is 0.360 e. The van der Waals surface area contributed by atoms with Crippen LogP contribution in [-0.2, 0) is 9.13 Å². The van der Waals surface area contributed by atoms with Gasteiger partial charge >= 0.3 is 15.2 Å². The van der Waals surface area contributed by atoms with Crippen LogP contribution in [0, 0.1) is 0 Å². The van der Waals surface area contributed by atoms with Crippen molar-refractivity contribution in [1.29, 1.82) is 0 Å². The molecule has 0 unspecified atom stereocenters. The maximum absolute atomic E-state index is 11.2. The number of hydrogen-bond donors (Lipinski definition) is 6. The van der Waals surface area contributed by atoms with Gasteiger partial charge in [0.2, 0.25) is 0 Å². The van der Waals surface area contributed by atoms with E-state index < -0.39 is 20.6 Å². The molecular weight excluding hydrogens is 258 g/mol. The van der Waals surface area contributed by atoms with Crippen LogP contribution in [0.15, 0.2) is 0 Å². The highest BCUT2D eigenvalue weighted by Gasteiger charge is 2.54. The molecule has 0 bridgehead atoms. The fourth-order valence-electron chi connectivity index (χ4n) is 1.72. The SMILES string of the molecule is CC1NC(CCCP(=O)(O)O)(P(=O)(O)O)N1. The third-order valence-electron chi connectivity index (χ3n) is 2.40. The van der Waals surface area contributed by atoms with Gasteiger partial charge in [-0.05, 0) is 19.8 Å². The molecule has 0 aromatic rings. The zero-order valence-corrected chi connectivity index (χ0v) is 10.5. The highest BCUT2D eigenvalue weighted by molar-refractivity contribution is 7.53. The molecule has 0 spiro atoms. The molecule has 6 N–H and O–H groups in total. The van der Waals surface area contributed by atoms with E-state index >= 15 is 0 Å². The van der Waals surface area contributed by atoms with Gasteiger partial charge in [0.1, 0.15) is 0 Å². The van der Waals surface area contributed by atoms with Crippen LogP contribution >= 0.6 is 15.2 Å². The molecular formula is C6H16N2O6P2. The normalized spacial score (nSPS) is 31.2. The highest BCUT2D eigenvalue weighted by Crippen LogP contribution is 2.53. The van der Waals surface area contributed by atoms with Crippen molar-refractivity contribution in [3.8, 4) is 0 Å². The van der Waals surface area contributed by atoms with E-state index in [2.05, 4.69) is 10.6 Å². The van der Waals surface area contributed by atoms with E-state index in [-0.39, 0.29) is 25.2 Å². The molecule has 8 nitrogen and oxygen atoms in total. The Kier molecular flexibility index (Phi) is 4.00. The molecule has 0 aromatic heterocycles. The third kappa shape index (κ3) is 3.35. The summed E-state index contributed by atoms with van der Waals surface area (Å²) in [6.45, 7) is 1.69. The second-order valence-electron chi connectivity index (χ2n) is 3.91. The average Bonchev–Trinajstić information content (AvgIpc) is 1.95. The molecule has 0 aliphatic carbocycles. The standard InChI is InChI=1S/C6H16N2O6P2/c1-5-7-6(8-5,16(12,13)14)3-2-4-15(9,10)11/h5,7-8H,2-4H2,1H3,(H2,9,10,11)(H2,12,13,14). The molecule has 1 fully saturated rings. The van der Waals surface area contributed by atoms with Crippen LogP contribution in [0.1, 0.15) is 19.8 Å². The van der Waals surface area contributed by atoms with Crippen LogP contribution in [0.25, 0.3) is 0 Å². The molecule has 1 heterocycles. The van der Waals surface area contributed by atoms with Crippen LogP contribution in [0.4, 0.5) is 0 Å². The van der Waals surface area contributed by atoms with Gasteiger partial charge in [0, 0.05) is 6.16 Å². The summed E-state index contributed by atoms with van der Waals surface area (Å²) in [7, 11) is -8.51. The van der Waals surface area contributed by atoms with E-state index in [0.717, 1.165) is 0 Å². The van der Waals surface area contributed by atoms with Crippen molar-refractivity contribution >= 4 is 15.2 Å². The van der Waals surface area contributed by atoms with E-state index in [1.807, 2.05) is 0 Å². The number of hydrogen-bond acceptors (Lipinski definition) is 4. The second-order valence-corrected chi connectivity index (χ2v) is 7.53. The first-order chi connectivity index (χ1) is 7.06. The molecule has 1 saturated heterocycles. The topological polar surface area (TPSA) is 139 Å². The van der Waals surface area contributed by atoms with Gasteiger partial charge in [-0.3, -0.25) is 19.8 Å². The zero-order valence-electron chi connectivity index (χ0n) is 8.70. The molecule has 16 heavy (non-hydrogen) atoms. The lowest BCUT2D eigenvalue weighted by atomic mass is 10.2. The Labute approximate surface area is 92.8 Å². The summed E-state index contributed by atoms with van der Waals surface area (Å²) >= 11 is 0. The summed E-state index contributed by atoms with van der Waals surface area (Å²) < 4.78 is 21.8. The monoisotopic (exact) mass is 274 g/mol. The van der Waals surface area contributed by atoms with Crippen molar-refractivity contribution in [2.45, 2.75) is 31.3 Å². The fraction of sp³-hybridized carbons (Fsp3) is 1.00. The van der Waals surface area contributed by atoms with Crippen molar-refractivity contribution in [2.75, 3.05) is 6.16 Å². The Bertz CT molecular complexity index is 343. The van der Waals surface area contributed by atoms with E-state index in [0.29, 0.717) is 0 Å².